The van der Waals surface area contributed by atoms with Crippen LogP contribution in [0.3, 0.4) is 0 Å². The molecule has 1 N–H and O–H groups in total. The molecule has 0 fully saturated rings. The van der Waals surface area contributed by atoms with Gasteiger partial charge in [-0.3, -0.25) is 4.79 Å². The zero-order valence-corrected chi connectivity index (χ0v) is 8.10. The van der Waals surface area contributed by atoms with Gasteiger partial charge in [-0.2, -0.15) is 4.37 Å². The van der Waals surface area contributed by atoms with Gasteiger partial charge in [0, 0.05) is 16.9 Å². The fourth-order valence-corrected chi connectivity index (χ4v) is 0.940. The summed E-state index contributed by atoms with van der Waals surface area (Å²) in [5.41, 5.74) is -0.383. The molecular formula is C7H11N3OS. The lowest BCUT2D eigenvalue weighted by Gasteiger charge is -2.15. The van der Waals surface area contributed by atoms with Gasteiger partial charge in [0.05, 0.1) is 0 Å². The van der Waals surface area contributed by atoms with Gasteiger partial charge in [0.25, 0.3) is 0 Å². The van der Waals surface area contributed by atoms with E-state index in [-0.39, 0.29) is 11.3 Å². The van der Waals surface area contributed by atoms with Crippen molar-refractivity contribution in [3.8, 4) is 0 Å². The first-order valence-electron chi connectivity index (χ1n) is 3.58. The molecule has 1 heterocycles. The normalized spacial score (nSPS) is 11.2. The first-order chi connectivity index (χ1) is 5.50. The molecule has 1 amide bonds. The highest BCUT2D eigenvalue weighted by Gasteiger charge is 2.21. The van der Waals surface area contributed by atoms with Crippen LogP contribution in [0.25, 0.3) is 0 Å². The number of carbonyl (C=O) groups is 1. The Hall–Kier alpha value is -0.970. The third-order valence-corrected chi connectivity index (χ3v) is 1.84. The van der Waals surface area contributed by atoms with E-state index in [4.69, 9.17) is 0 Å². The molecule has 66 valence electrons. The van der Waals surface area contributed by atoms with Crippen molar-refractivity contribution in [3.05, 3.63) is 6.33 Å². The molecule has 0 atom stereocenters. The lowest BCUT2D eigenvalue weighted by molar-refractivity contribution is -0.123. The quantitative estimate of drug-likeness (QED) is 0.721. The smallest absolute Gasteiger partial charge is 0.231 e. The predicted molar refractivity (Wildman–Crippen MR) is 48.0 cm³/mol. The third-order valence-electron chi connectivity index (χ3n) is 1.26. The van der Waals surface area contributed by atoms with Crippen LogP contribution in [0, 0.1) is 5.41 Å². The van der Waals surface area contributed by atoms with Crippen molar-refractivity contribution in [2.75, 3.05) is 5.32 Å². The molecule has 1 rings (SSSR count). The van der Waals surface area contributed by atoms with Crippen molar-refractivity contribution in [2.45, 2.75) is 20.8 Å². The molecule has 12 heavy (non-hydrogen) atoms. The molecule has 0 aliphatic rings. The van der Waals surface area contributed by atoms with Crippen LogP contribution in [0.1, 0.15) is 20.8 Å². The number of rotatable bonds is 1. The summed E-state index contributed by atoms with van der Waals surface area (Å²) in [5.74, 6) is -0.0424. The average molecular weight is 185 g/mol. The second-order valence-electron chi connectivity index (χ2n) is 3.45. The zero-order valence-electron chi connectivity index (χ0n) is 7.29. The maximum Gasteiger partial charge on any atom is 0.231 e. The summed E-state index contributed by atoms with van der Waals surface area (Å²) in [6.45, 7) is 5.55. The van der Waals surface area contributed by atoms with E-state index in [1.165, 1.54) is 17.9 Å². The third kappa shape index (κ3) is 2.27. The molecule has 1 aromatic rings. The first kappa shape index (κ1) is 9.12. The lowest BCUT2D eigenvalue weighted by Crippen LogP contribution is -2.27. The summed E-state index contributed by atoms with van der Waals surface area (Å²) in [7, 11) is 0. The van der Waals surface area contributed by atoms with E-state index < -0.39 is 0 Å². The molecule has 0 saturated carbocycles. The molecule has 0 unspecified atom stereocenters. The highest BCUT2D eigenvalue weighted by molar-refractivity contribution is 7.09. The van der Waals surface area contributed by atoms with Crippen LogP contribution >= 0.6 is 11.5 Å². The predicted octanol–water partition coefficient (Wildman–Crippen LogP) is 1.52. The molecule has 0 aromatic carbocycles. The number of nitrogens with zero attached hydrogens (tertiary/aromatic N) is 2. The second-order valence-corrected chi connectivity index (χ2v) is 4.23. The minimum atomic E-state index is -0.383. The number of nitrogens with one attached hydrogen (secondary N) is 1. The van der Waals surface area contributed by atoms with E-state index in [9.17, 15) is 4.79 Å². The number of carbonyl (C=O) groups excluding carboxylic acids is 1. The van der Waals surface area contributed by atoms with Crippen molar-refractivity contribution in [1.29, 1.82) is 0 Å². The zero-order chi connectivity index (χ0) is 9.19. The van der Waals surface area contributed by atoms with Crippen LogP contribution in [0.2, 0.25) is 0 Å². The number of amides is 1. The lowest BCUT2D eigenvalue weighted by atomic mass is 9.96. The molecule has 0 radical (unpaired) electrons. The van der Waals surface area contributed by atoms with E-state index >= 15 is 0 Å². The van der Waals surface area contributed by atoms with Gasteiger partial charge in [0.1, 0.15) is 6.33 Å². The van der Waals surface area contributed by atoms with E-state index in [2.05, 4.69) is 14.7 Å². The molecule has 0 aliphatic carbocycles. The Labute approximate surface area is 75.2 Å². The summed E-state index contributed by atoms with van der Waals surface area (Å²) in [5, 5.41) is 3.22. The number of hydrogen-bond donors (Lipinski definition) is 1. The van der Waals surface area contributed by atoms with Crippen LogP contribution in [0.15, 0.2) is 6.33 Å². The van der Waals surface area contributed by atoms with Gasteiger partial charge in [-0.25, -0.2) is 4.98 Å². The van der Waals surface area contributed by atoms with E-state index in [0.29, 0.717) is 5.13 Å². The molecule has 5 heteroatoms. The fourth-order valence-electron chi connectivity index (χ4n) is 0.513. The molecule has 1 aromatic heterocycles. The number of aromatic nitrogens is 2. The molecule has 0 bridgehead atoms. The van der Waals surface area contributed by atoms with Crippen molar-refractivity contribution in [3.63, 3.8) is 0 Å². The maximum atomic E-state index is 11.4. The topological polar surface area (TPSA) is 54.9 Å². The summed E-state index contributed by atoms with van der Waals surface area (Å²) in [6.07, 6.45) is 1.42. The van der Waals surface area contributed by atoms with Gasteiger partial charge in [-0.1, -0.05) is 20.8 Å². The van der Waals surface area contributed by atoms with Gasteiger partial charge in [-0.05, 0) is 0 Å². The van der Waals surface area contributed by atoms with Crippen LogP contribution in [0.5, 0.6) is 0 Å². The van der Waals surface area contributed by atoms with Gasteiger partial charge < -0.3 is 5.32 Å². The average Bonchev–Trinajstić information content (AvgIpc) is 2.37. The molecule has 0 aliphatic heterocycles. The Morgan fingerprint density at radius 1 is 1.58 bits per heavy atom. The van der Waals surface area contributed by atoms with Crippen molar-refractivity contribution in [2.24, 2.45) is 5.41 Å². The minimum absolute atomic E-state index is 0.0424. The Kier molecular flexibility index (Phi) is 2.42. The van der Waals surface area contributed by atoms with E-state index in [1.807, 2.05) is 20.8 Å². The summed E-state index contributed by atoms with van der Waals surface area (Å²) in [4.78, 5) is 15.2. The van der Waals surface area contributed by atoms with Gasteiger partial charge >= 0.3 is 0 Å². The summed E-state index contributed by atoms with van der Waals surface area (Å²) in [6, 6.07) is 0. The molecule has 0 saturated heterocycles. The van der Waals surface area contributed by atoms with Crippen LogP contribution in [-0.2, 0) is 4.79 Å². The van der Waals surface area contributed by atoms with Crippen molar-refractivity contribution < 1.29 is 4.79 Å². The monoisotopic (exact) mass is 185 g/mol. The Morgan fingerprint density at radius 3 is 2.67 bits per heavy atom. The van der Waals surface area contributed by atoms with Crippen molar-refractivity contribution in [1.82, 2.24) is 9.36 Å². The molecule has 4 nitrogen and oxygen atoms in total. The molecule has 0 spiro atoms. The van der Waals surface area contributed by atoms with Gasteiger partial charge in [0.15, 0.2) is 0 Å². The number of hydrogen-bond acceptors (Lipinski definition) is 4. The Balaban J connectivity index is 2.60. The highest BCUT2D eigenvalue weighted by atomic mass is 32.1. The number of anilines is 1. The van der Waals surface area contributed by atoms with Crippen LogP contribution < -0.4 is 5.32 Å². The summed E-state index contributed by atoms with van der Waals surface area (Å²) < 4.78 is 3.77. The van der Waals surface area contributed by atoms with Gasteiger partial charge in [-0.15, -0.1) is 0 Å². The minimum Gasteiger partial charge on any atom is -0.300 e. The van der Waals surface area contributed by atoms with Crippen LogP contribution in [0.4, 0.5) is 5.13 Å². The first-order valence-corrected chi connectivity index (χ1v) is 4.35. The largest absolute Gasteiger partial charge is 0.300 e. The van der Waals surface area contributed by atoms with Gasteiger partial charge in [0.2, 0.25) is 11.0 Å². The van der Waals surface area contributed by atoms with Crippen molar-refractivity contribution >= 4 is 22.6 Å². The second kappa shape index (κ2) is 3.18. The standard InChI is InChI=1S/C7H11N3OS/c1-7(2,3)5(11)10-6-8-4-9-12-6/h4H,1-3H3,(H,8,9,10,11). The van der Waals surface area contributed by atoms with E-state index in [1.54, 1.807) is 0 Å². The molecular weight excluding hydrogens is 174 g/mol. The highest BCUT2D eigenvalue weighted by Crippen LogP contribution is 2.17. The fraction of sp³-hybridized carbons (Fsp3) is 0.571. The van der Waals surface area contributed by atoms with E-state index in [0.717, 1.165) is 0 Å². The maximum absolute atomic E-state index is 11.4. The summed E-state index contributed by atoms with van der Waals surface area (Å²) >= 11 is 1.17. The van der Waals surface area contributed by atoms with Crippen LogP contribution in [-0.4, -0.2) is 15.3 Å². The SMILES string of the molecule is CC(C)(C)C(=O)Nc1ncns1. The Morgan fingerprint density at radius 2 is 2.25 bits per heavy atom. The Bertz CT molecular complexity index is 263.